The van der Waals surface area contributed by atoms with Gasteiger partial charge in [0.1, 0.15) is 16.5 Å². The second-order valence-corrected chi connectivity index (χ2v) is 13.5. The van der Waals surface area contributed by atoms with E-state index < -0.39 is 34.8 Å². The first-order valence-corrected chi connectivity index (χ1v) is 14.8. The number of carbonyl (C=O) groups excluding carboxylic acids is 2. The summed E-state index contributed by atoms with van der Waals surface area (Å²) in [6.45, 7) is 12.6. The smallest absolute Gasteiger partial charge is 0.258 e. The standard InChI is InChI=1S/C27H40N6O4S/c1-6-18-14-27(18,24(35)32-38(36)26(5)9-10-26)31-23(34)21-13-19(15-29-21)37-25-30-20-12-17(4)8-7-11-28-22(20)33(25)16(2)3/h6-7,11-12,16-19,21,25,29-30H,1,8-10,13-15H2,2-5H3,(H,31,34)(H,32,35). The van der Waals surface area contributed by atoms with Crippen LogP contribution in [0.15, 0.2) is 41.7 Å². The lowest BCUT2D eigenvalue weighted by molar-refractivity contribution is -0.130. The molecule has 5 rings (SSSR count). The summed E-state index contributed by atoms with van der Waals surface area (Å²) in [5.74, 6) is 0.397. The summed E-state index contributed by atoms with van der Waals surface area (Å²) in [6, 6.07) is -0.342. The summed E-state index contributed by atoms with van der Waals surface area (Å²) in [7, 11) is -1.47. The molecule has 7 atom stereocenters. The molecule has 0 radical (unpaired) electrons. The van der Waals surface area contributed by atoms with Crippen molar-refractivity contribution >= 4 is 28.6 Å². The number of amidine groups is 1. The van der Waals surface area contributed by atoms with Crippen LogP contribution in [0.2, 0.25) is 0 Å². The molecule has 5 aliphatic rings. The van der Waals surface area contributed by atoms with Gasteiger partial charge in [-0.15, -0.1) is 6.58 Å². The third-order valence-electron chi connectivity index (χ3n) is 8.20. The topological polar surface area (TPSA) is 124 Å². The van der Waals surface area contributed by atoms with Crippen molar-refractivity contribution in [3.8, 4) is 0 Å². The van der Waals surface area contributed by atoms with Crippen molar-refractivity contribution in [3.63, 3.8) is 0 Å². The van der Waals surface area contributed by atoms with Gasteiger partial charge in [-0.2, -0.15) is 0 Å². The number of aliphatic imine (C=N–C) groups is 1. The Morgan fingerprint density at radius 1 is 1.37 bits per heavy atom. The monoisotopic (exact) mass is 544 g/mol. The van der Waals surface area contributed by atoms with Gasteiger partial charge in [-0.1, -0.05) is 25.2 Å². The highest BCUT2D eigenvalue weighted by atomic mass is 32.2. The molecule has 11 heteroatoms. The fourth-order valence-electron chi connectivity index (χ4n) is 5.33. The number of hydrogen-bond acceptors (Lipinski definition) is 8. The van der Waals surface area contributed by atoms with Crippen LogP contribution in [0, 0.1) is 11.8 Å². The molecule has 2 saturated heterocycles. The molecule has 2 saturated carbocycles. The van der Waals surface area contributed by atoms with Crippen LogP contribution in [-0.4, -0.2) is 68.1 Å². The summed E-state index contributed by atoms with van der Waals surface area (Å²) in [6.07, 6.45) is 10.7. The molecule has 2 aliphatic carbocycles. The highest BCUT2D eigenvalue weighted by Gasteiger charge is 2.61. The Kier molecular flexibility index (Phi) is 7.30. The van der Waals surface area contributed by atoms with Gasteiger partial charge in [0, 0.05) is 24.7 Å². The van der Waals surface area contributed by atoms with Crippen LogP contribution in [0.3, 0.4) is 0 Å². The molecule has 3 aliphatic heterocycles. The predicted molar refractivity (Wildman–Crippen MR) is 147 cm³/mol. The van der Waals surface area contributed by atoms with E-state index in [1.807, 2.05) is 13.1 Å². The van der Waals surface area contributed by atoms with Crippen molar-refractivity contribution in [2.24, 2.45) is 16.8 Å². The zero-order valence-corrected chi connectivity index (χ0v) is 23.5. The first kappa shape index (κ1) is 27.1. The van der Waals surface area contributed by atoms with E-state index in [0.717, 1.165) is 30.8 Å². The number of hydrogen-bond donors (Lipinski definition) is 4. The van der Waals surface area contributed by atoms with Crippen LogP contribution >= 0.6 is 0 Å². The zero-order chi connectivity index (χ0) is 27.2. The van der Waals surface area contributed by atoms with Crippen molar-refractivity contribution in [1.82, 2.24) is 25.6 Å². The van der Waals surface area contributed by atoms with Gasteiger partial charge in [0.25, 0.3) is 5.91 Å². The molecule has 10 nitrogen and oxygen atoms in total. The summed E-state index contributed by atoms with van der Waals surface area (Å²) < 4.78 is 21.3. The van der Waals surface area contributed by atoms with Gasteiger partial charge in [-0.05, 0) is 58.8 Å². The Morgan fingerprint density at radius 3 is 2.79 bits per heavy atom. The van der Waals surface area contributed by atoms with E-state index in [-0.39, 0.29) is 28.7 Å². The molecule has 2 amide bonds. The second kappa shape index (κ2) is 10.2. The fourth-order valence-corrected chi connectivity index (χ4v) is 6.40. The van der Waals surface area contributed by atoms with Crippen LogP contribution in [-0.2, 0) is 25.3 Å². The molecular formula is C27H40N6O4S. The van der Waals surface area contributed by atoms with Gasteiger partial charge in [0.05, 0.1) is 22.6 Å². The van der Waals surface area contributed by atoms with Gasteiger partial charge < -0.3 is 25.6 Å². The zero-order valence-electron chi connectivity index (χ0n) is 22.7. The Bertz CT molecular complexity index is 1110. The minimum atomic E-state index is -1.47. The van der Waals surface area contributed by atoms with Crippen LogP contribution < -0.4 is 20.7 Å². The first-order chi connectivity index (χ1) is 18.1. The second-order valence-electron chi connectivity index (χ2n) is 11.7. The van der Waals surface area contributed by atoms with E-state index in [2.05, 4.69) is 70.1 Å². The van der Waals surface area contributed by atoms with Crippen LogP contribution in [0.4, 0.5) is 0 Å². The highest BCUT2D eigenvalue weighted by molar-refractivity contribution is 7.85. The number of nitrogens with zero attached hydrogens (tertiary/aromatic N) is 2. The predicted octanol–water partition coefficient (Wildman–Crippen LogP) is 1.56. The average molecular weight is 545 g/mol. The number of nitrogens with one attached hydrogen (secondary N) is 4. The van der Waals surface area contributed by atoms with Gasteiger partial charge >= 0.3 is 0 Å². The number of fused-ring (bicyclic) bond motifs is 1. The van der Waals surface area contributed by atoms with E-state index in [1.54, 1.807) is 6.08 Å². The largest absolute Gasteiger partial charge is 0.340 e. The van der Waals surface area contributed by atoms with Crippen molar-refractivity contribution in [2.45, 2.75) is 94.6 Å². The lowest BCUT2D eigenvalue weighted by Gasteiger charge is -2.30. The van der Waals surface area contributed by atoms with E-state index in [0.29, 0.717) is 25.3 Å². The highest BCUT2D eigenvalue weighted by Crippen LogP contribution is 2.46. The molecule has 7 unspecified atom stereocenters. The summed E-state index contributed by atoms with van der Waals surface area (Å²) >= 11 is 0. The third-order valence-corrected chi connectivity index (χ3v) is 9.88. The van der Waals surface area contributed by atoms with E-state index in [1.165, 1.54) is 0 Å². The van der Waals surface area contributed by atoms with Crippen LogP contribution in [0.25, 0.3) is 0 Å². The molecule has 208 valence electrons. The van der Waals surface area contributed by atoms with E-state index in [4.69, 9.17) is 4.74 Å². The fraction of sp³-hybridized carbons (Fsp3) is 0.667. The quantitative estimate of drug-likeness (QED) is 0.325. The number of amides is 2. The Morgan fingerprint density at radius 2 is 2.13 bits per heavy atom. The third kappa shape index (κ3) is 5.20. The number of carbonyl (C=O) groups is 2. The van der Waals surface area contributed by atoms with Crippen molar-refractivity contribution in [2.75, 3.05) is 6.54 Å². The molecule has 0 aromatic carbocycles. The Balaban J connectivity index is 1.21. The normalized spacial score (nSPS) is 35.7. The summed E-state index contributed by atoms with van der Waals surface area (Å²) in [5.41, 5.74) is -0.126. The van der Waals surface area contributed by atoms with Crippen LogP contribution in [0.5, 0.6) is 0 Å². The number of rotatable bonds is 9. The average Bonchev–Trinajstić information content (AvgIpc) is 3.68. The molecule has 4 fully saturated rings. The maximum atomic E-state index is 13.3. The molecule has 0 bridgehead atoms. The molecule has 0 aromatic rings. The summed E-state index contributed by atoms with van der Waals surface area (Å²) in [5, 5.41) is 9.69. The van der Waals surface area contributed by atoms with Gasteiger partial charge in [-0.25, -0.2) is 9.20 Å². The van der Waals surface area contributed by atoms with Crippen molar-refractivity contribution in [1.29, 1.82) is 0 Å². The Hall–Kier alpha value is -2.50. The molecule has 3 heterocycles. The maximum Gasteiger partial charge on any atom is 0.258 e. The van der Waals surface area contributed by atoms with Crippen LogP contribution in [0.1, 0.15) is 59.8 Å². The minimum Gasteiger partial charge on any atom is -0.340 e. The van der Waals surface area contributed by atoms with Gasteiger partial charge in [0.15, 0.2) is 5.84 Å². The van der Waals surface area contributed by atoms with E-state index >= 15 is 0 Å². The first-order valence-electron chi connectivity index (χ1n) is 13.6. The molecular weight excluding hydrogens is 504 g/mol. The van der Waals surface area contributed by atoms with E-state index in [9.17, 15) is 13.8 Å². The van der Waals surface area contributed by atoms with Gasteiger partial charge in [0.2, 0.25) is 12.3 Å². The maximum absolute atomic E-state index is 13.3. The summed E-state index contributed by atoms with van der Waals surface area (Å²) in [4.78, 5) is 33.1. The SMILES string of the molecule is C=CC1CC1(NC(=O)C1CC(OC2NC3=CC(C)CC=CN=C3N2C(C)C)CN1)C(=O)NS(=O)C1(C)CC1. The van der Waals surface area contributed by atoms with Gasteiger partial charge in [-0.3, -0.25) is 14.3 Å². The molecule has 0 aromatic heterocycles. The number of allylic oxidation sites excluding steroid dienone is 2. The van der Waals surface area contributed by atoms with Crippen molar-refractivity contribution in [3.05, 3.63) is 36.7 Å². The molecule has 4 N–H and O–H groups in total. The molecule has 0 spiro atoms. The Labute approximate surface area is 227 Å². The lowest BCUT2D eigenvalue weighted by Crippen LogP contribution is -2.55. The minimum absolute atomic E-state index is 0.154. The van der Waals surface area contributed by atoms with Crippen molar-refractivity contribution < 1.29 is 18.5 Å². The lowest BCUT2D eigenvalue weighted by atomic mass is 10.1. The number of ether oxygens (including phenoxy) is 1. The molecule has 38 heavy (non-hydrogen) atoms.